The highest BCUT2D eigenvalue weighted by atomic mass is 35.5. The summed E-state index contributed by atoms with van der Waals surface area (Å²) in [4.78, 5) is 27.4. The van der Waals surface area contributed by atoms with Crippen LogP contribution in [0.5, 0.6) is 5.75 Å². The zero-order valence-electron chi connectivity index (χ0n) is 17.2. The fraction of sp³-hybridized carbons (Fsp3) is 0.391. The number of nitrogens with zero attached hydrogens (tertiary/aromatic N) is 1. The molecule has 2 rings (SSSR count). The SMILES string of the molecule is CC[C@H](C(=O)NCC(C)C)N(Cc1ccc(Cl)cc1)C(=O)COc1ccccc1. The normalized spacial score (nSPS) is 11.8. The lowest BCUT2D eigenvalue weighted by atomic mass is 10.1. The fourth-order valence-electron chi connectivity index (χ4n) is 2.87. The highest BCUT2D eigenvalue weighted by Gasteiger charge is 2.29. The van der Waals surface area contributed by atoms with Gasteiger partial charge in [0, 0.05) is 18.1 Å². The van der Waals surface area contributed by atoms with Crippen LogP contribution in [0.4, 0.5) is 0 Å². The van der Waals surface area contributed by atoms with Crippen LogP contribution in [0.3, 0.4) is 0 Å². The second kappa shape index (κ2) is 11.5. The van der Waals surface area contributed by atoms with Crippen molar-refractivity contribution in [2.24, 2.45) is 5.92 Å². The van der Waals surface area contributed by atoms with Crippen molar-refractivity contribution >= 4 is 23.4 Å². The van der Waals surface area contributed by atoms with Crippen molar-refractivity contribution < 1.29 is 14.3 Å². The maximum absolute atomic E-state index is 13.0. The summed E-state index contributed by atoms with van der Waals surface area (Å²) in [5.41, 5.74) is 0.901. The molecule has 29 heavy (non-hydrogen) atoms. The molecule has 0 radical (unpaired) electrons. The molecule has 0 saturated heterocycles. The van der Waals surface area contributed by atoms with Gasteiger partial charge in [-0.2, -0.15) is 0 Å². The molecule has 2 aromatic rings. The van der Waals surface area contributed by atoms with Crippen LogP contribution in [-0.4, -0.2) is 35.9 Å². The minimum Gasteiger partial charge on any atom is -0.484 e. The molecular weight excluding hydrogens is 388 g/mol. The van der Waals surface area contributed by atoms with E-state index in [-0.39, 0.29) is 18.4 Å². The van der Waals surface area contributed by atoms with Gasteiger partial charge in [-0.1, -0.05) is 62.7 Å². The smallest absolute Gasteiger partial charge is 0.261 e. The van der Waals surface area contributed by atoms with Crippen LogP contribution in [0.25, 0.3) is 0 Å². The number of amides is 2. The number of carbonyl (C=O) groups excluding carboxylic acids is 2. The van der Waals surface area contributed by atoms with Crippen molar-refractivity contribution in [1.82, 2.24) is 10.2 Å². The minimum absolute atomic E-state index is 0.133. The molecular formula is C23H29ClN2O3. The molecule has 5 nitrogen and oxygen atoms in total. The number of benzene rings is 2. The number of hydrogen-bond donors (Lipinski definition) is 1. The molecule has 156 valence electrons. The summed E-state index contributed by atoms with van der Waals surface area (Å²) in [6.45, 7) is 6.71. The molecule has 0 fully saturated rings. The number of rotatable bonds is 10. The number of nitrogens with one attached hydrogen (secondary N) is 1. The van der Waals surface area contributed by atoms with E-state index in [1.807, 2.05) is 51.1 Å². The van der Waals surface area contributed by atoms with Crippen LogP contribution in [0, 0.1) is 5.92 Å². The number of para-hydroxylation sites is 1. The maximum Gasteiger partial charge on any atom is 0.261 e. The summed E-state index contributed by atoms with van der Waals surface area (Å²) in [6.07, 6.45) is 0.509. The van der Waals surface area contributed by atoms with Crippen molar-refractivity contribution in [1.29, 1.82) is 0 Å². The second-order valence-corrected chi connectivity index (χ2v) is 7.75. The minimum atomic E-state index is -0.573. The van der Waals surface area contributed by atoms with Gasteiger partial charge in [0.1, 0.15) is 11.8 Å². The Hall–Kier alpha value is -2.53. The average Bonchev–Trinajstić information content (AvgIpc) is 2.72. The van der Waals surface area contributed by atoms with E-state index < -0.39 is 6.04 Å². The Labute approximate surface area is 178 Å². The van der Waals surface area contributed by atoms with Gasteiger partial charge in [-0.3, -0.25) is 9.59 Å². The van der Waals surface area contributed by atoms with Crippen LogP contribution in [-0.2, 0) is 16.1 Å². The number of carbonyl (C=O) groups is 2. The lowest BCUT2D eigenvalue weighted by molar-refractivity contribution is -0.143. The largest absolute Gasteiger partial charge is 0.484 e. The van der Waals surface area contributed by atoms with E-state index in [0.717, 1.165) is 5.56 Å². The molecule has 0 aliphatic rings. The number of ether oxygens (including phenoxy) is 1. The van der Waals surface area contributed by atoms with Gasteiger partial charge in [0.05, 0.1) is 0 Å². The highest BCUT2D eigenvalue weighted by Crippen LogP contribution is 2.16. The third-order valence-electron chi connectivity index (χ3n) is 4.44. The Bertz CT molecular complexity index is 778. The summed E-state index contributed by atoms with van der Waals surface area (Å²) in [7, 11) is 0. The van der Waals surface area contributed by atoms with Crippen LogP contribution in [0.15, 0.2) is 54.6 Å². The van der Waals surface area contributed by atoms with E-state index in [9.17, 15) is 9.59 Å². The van der Waals surface area contributed by atoms with E-state index in [2.05, 4.69) is 5.32 Å². The van der Waals surface area contributed by atoms with Gasteiger partial charge in [-0.25, -0.2) is 0 Å². The molecule has 0 spiro atoms. The molecule has 1 atom stereocenters. The Morgan fingerprint density at radius 1 is 1.07 bits per heavy atom. The van der Waals surface area contributed by atoms with Gasteiger partial charge in [-0.15, -0.1) is 0 Å². The third kappa shape index (κ3) is 7.42. The summed E-state index contributed by atoms with van der Waals surface area (Å²) in [6, 6.07) is 15.9. The number of halogens is 1. The van der Waals surface area contributed by atoms with Gasteiger partial charge >= 0.3 is 0 Å². The first-order valence-corrected chi connectivity index (χ1v) is 10.3. The van der Waals surface area contributed by atoms with Crippen molar-refractivity contribution in [2.45, 2.75) is 39.8 Å². The standard InChI is InChI=1S/C23H29ClN2O3/c1-4-21(23(28)25-14-17(2)3)26(15-18-10-12-19(24)13-11-18)22(27)16-29-20-8-6-5-7-9-20/h5-13,17,21H,4,14-16H2,1-3H3,(H,25,28)/t21-/m1/s1. The zero-order chi connectivity index (χ0) is 21.2. The maximum atomic E-state index is 13.0. The molecule has 0 saturated carbocycles. The van der Waals surface area contributed by atoms with E-state index in [4.69, 9.17) is 16.3 Å². The fourth-order valence-corrected chi connectivity index (χ4v) is 3.00. The molecule has 0 unspecified atom stereocenters. The molecule has 6 heteroatoms. The highest BCUT2D eigenvalue weighted by molar-refractivity contribution is 6.30. The quantitative estimate of drug-likeness (QED) is 0.628. The van der Waals surface area contributed by atoms with Gasteiger partial charge in [0.15, 0.2) is 6.61 Å². The Balaban J connectivity index is 2.16. The van der Waals surface area contributed by atoms with E-state index in [0.29, 0.717) is 36.2 Å². The van der Waals surface area contributed by atoms with Crippen molar-refractivity contribution in [3.63, 3.8) is 0 Å². The molecule has 0 aliphatic carbocycles. The lowest BCUT2D eigenvalue weighted by Crippen LogP contribution is -2.50. The molecule has 0 aliphatic heterocycles. The zero-order valence-corrected chi connectivity index (χ0v) is 18.0. The van der Waals surface area contributed by atoms with Crippen LogP contribution >= 0.6 is 11.6 Å². The third-order valence-corrected chi connectivity index (χ3v) is 4.69. The van der Waals surface area contributed by atoms with Gasteiger partial charge in [0.25, 0.3) is 5.91 Å². The monoisotopic (exact) mass is 416 g/mol. The Morgan fingerprint density at radius 3 is 2.31 bits per heavy atom. The Kier molecular flexibility index (Phi) is 9.00. The lowest BCUT2D eigenvalue weighted by Gasteiger charge is -2.30. The van der Waals surface area contributed by atoms with E-state index in [1.165, 1.54) is 0 Å². The van der Waals surface area contributed by atoms with Crippen molar-refractivity contribution in [2.75, 3.05) is 13.2 Å². The first-order valence-electron chi connectivity index (χ1n) is 9.90. The van der Waals surface area contributed by atoms with Crippen LogP contribution in [0.2, 0.25) is 5.02 Å². The van der Waals surface area contributed by atoms with Crippen LogP contribution < -0.4 is 10.1 Å². The summed E-state index contributed by atoms with van der Waals surface area (Å²) in [5.74, 6) is 0.557. The molecule has 0 aromatic heterocycles. The molecule has 0 bridgehead atoms. The Morgan fingerprint density at radius 2 is 1.72 bits per heavy atom. The molecule has 2 amide bonds. The van der Waals surface area contributed by atoms with E-state index in [1.54, 1.807) is 29.2 Å². The topological polar surface area (TPSA) is 58.6 Å². The average molecular weight is 417 g/mol. The molecule has 0 heterocycles. The predicted octanol–water partition coefficient (Wildman–Crippen LogP) is 4.30. The van der Waals surface area contributed by atoms with Crippen molar-refractivity contribution in [3.8, 4) is 5.75 Å². The van der Waals surface area contributed by atoms with Gasteiger partial charge < -0.3 is 15.0 Å². The first-order chi connectivity index (χ1) is 13.9. The second-order valence-electron chi connectivity index (χ2n) is 7.31. The predicted molar refractivity (Wildman–Crippen MR) is 116 cm³/mol. The molecule has 1 N–H and O–H groups in total. The summed E-state index contributed by atoms with van der Waals surface area (Å²) in [5, 5.41) is 3.57. The van der Waals surface area contributed by atoms with Gasteiger partial charge in [-0.05, 0) is 42.2 Å². The van der Waals surface area contributed by atoms with Crippen LogP contribution in [0.1, 0.15) is 32.8 Å². The summed E-state index contributed by atoms with van der Waals surface area (Å²) < 4.78 is 5.63. The number of hydrogen-bond acceptors (Lipinski definition) is 3. The molecule has 2 aromatic carbocycles. The van der Waals surface area contributed by atoms with E-state index >= 15 is 0 Å². The summed E-state index contributed by atoms with van der Waals surface area (Å²) >= 11 is 5.97. The first kappa shape index (κ1) is 22.8. The van der Waals surface area contributed by atoms with Gasteiger partial charge in [0.2, 0.25) is 5.91 Å². The van der Waals surface area contributed by atoms with Crippen molar-refractivity contribution in [3.05, 3.63) is 65.2 Å².